The van der Waals surface area contributed by atoms with Gasteiger partial charge in [0, 0.05) is 38.4 Å². The molecule has 0 saturated carbocycles. The number of piperazine rings is 1. The summed E-state index contributed by atoms with van der Waals surface area (Å²) >= 11 is 5.84. The minimum Gasteiger partial charge on any atom is -0.463 e. The van der Waals surface area contributed by atoms with Crippen molar-refractivity contribution in [2.24, 2.45) is 0 Å². The van der Waals surface area contributed by atoms with E-state index in [4.69, 9.17) is 16.3 Å². The van der Waals surface area contributed by atoms with Gasteiger partial charge in [-0.2, -0.15) is 0 Å². The average Bonchev–Trinajstić information content (AvgIpc) is 2.80. The van der Waals surface area contributed by atoms with Crippen molar-refractivity contribution in [1.29, 1.82) is 0 Å². The summed E-state index contributed by atoms with van der Waals surface area (Å²) in [6.45, 7) is 7.41. The average molecular weight is 471 g/mol. The molecule has 10 heteroatoms. The SMILES string of the molecule is CCOC(=O)C1=C(CN2CCN(c3ccc(Cl)nn3)CC2)NC(=O)NC1c1ccc(C)cc1. The number of anilines is 1. The maximum absolute atomic E-state index is 12.9. The Morgan fingerprint density at radius 1 is 1.12 bits per heavy atom. The Balaban J connectivity index is 1.54. The summed E-state index contributed by atoms with van der Waals surface area (Å²) in [4.78, 5) is 29.8. The second-order valence-electron chi connectivity index (χ2n) is 8.03. The summed E-state index contributed by atoms with van der Waals surface area (Å²) in [7, 11) is 0. The van der Waals surface area contributed by atoms with Crippen LogP contribution in [0.25, 0.3) is 0 Å². The second kappa shape index (κ2) is 10.2. The van der Waals surface area contributed by atoms with Gasteiger partial charge in [-0.3, -0.25) is 4.90 Å². The lowest BCUT2D eigenvalue weighted by atomic mass is 9.94. The van der Waals surface area contributed by atoms with Gasteiger partial charge in [-0.25, -0.2) is 9.59 Å². The van der Waals surface area contributed by atoms with Gasteiger partial charge < -0.3 is 20.3 Å². The molecule has 1 atom stereocenters. The number of nitrogens with zero attached hydrogens (tertiary/aromatic N) is 4. The summed E-state index contributed by atoms with van der Waals surface area (Å²) in [5.41, 5.74) is 2.94. The topological polar surface area (TPSA) is 99.7 Å². The Morgan fingerprint density at radius 3 is 2.48 bits per heavy atom. The Bertz CT molecular complexity index is 1030. The molecule has 174 valence electrons. The Kier molecular flexibility index (Phi) is 7.10. The monoisotopic (exact) mass is 470 g/mol. The number of carbonyl (C=O) groups is 2. The quantitative estimate of drug-likeness (QED) is 0.625. The van der Waals surface area contributed by atoms with Crippen LogP contribution in [0.4, 0.5) is 10.6 Å². The smallest absolute Gasteiger partial charge is 0.338 e. The molecule has 2 amide bonds. The van der Waals surface area contributed by atoms with Crippen LogP contribution >= 0.6 is 11.6 Å². The maximum atomic E-state index is 12.9. The number of amides is 2. The number of urea groups is 1. The highest BCUT2D eigenvalue weighted by atomic mass is 35.5. The molecule has 0 aliphatic carbocycles. The predicted molar refractivity (Wildman–Crippen MR) is 125 cm³/mol. The van der Waals surface area contributed by atoms with Gasteiger partial charge in [0.05, 0.1) is 18.2 Å². The van der Waals surface area contributed by atoms with Crippen LogP contribution in [0.2, 0.25) is 5.15 Å². The minimum absolute atomic E-state index is 0.255. The summed E-state index contributed by atoms with van der Waals surface area (Å²) in [6.07, 6.45) is 0. The Morgan fingerprint density at radius 2 is 1.85 bits per heavy atom. The third-order valence-electron chi connectivity index (χ3n) is 5.76. The number of esters is 1. The number of nitrogens with one attached hydrogen (secondary N) is 2. The number of hydrogen-bond acceptors (Lipinski definition) is 7. The molecule has 9 nitrogen and oxygen atoms in total. The summed E-state index contributed by atoms with van der Waals surface area (Å²) in [6, 6.07) is 10.4. The number of ether oxygens (including phenoxy) is 1. The Hall–Kier alpha value is -3.17. The third-order valence-corrected chi connectivity index (χ3v) is 5.96. The van der Waals surface area contributed by atoms with E-state index in [1.165, 1.54) is 0 Å². The van der Waals surface area contributed by atoms with Gasteiger partial charge >= 0.3 is 12.0 Å². The van der Waals surface area contributed by atoms with E-state index in [1.54, 1.807) is 13.0 Å². The van der Waals surface area contributed by atoms with Crippen molar-refractivity contribution < 1.29 is 14.3 Å². The Labute approximate surface area is 197 Å². The number of halogens is 1. The van der Waals surface area contributed by atoms with Crippen LogP contribution in [0.3, 0.4) is 0 Å². The maximum Gasteiger partial charge on any atom is 0.338 e. The molecule has 1 saturated heterocycles. The van der Waals surface area contributed by atoms with E-state index in [9.17, 15) is 9.59 Å². The van der Waals surface area contributed by atoms with Crippen LogP contribution in [-0.4, -0.2) is 66.4 Å². The number of hydrogen-bond donors (Lipinski definition) is 2. The predicted octanol–water partition coefficient (Wildman–Crippen LogP) is 2.43. The van der Waals surface area contributed by atoms with E-state index in [2.05, 4.69) is 30.6 Å². The molecule has 3 heterocycles. The molecular weight excluding hydrogens is 444 g/mol. The molecule has 0 spiro atoms. The van der Waals surface area contributed by atoms with Crippen molar-refractivity contribution in [3.63, 3.8) is 0 Å². The fourth-order valence-electron chi connectivity index (χ4n) is 4.04. The molecule has 1 aromatic carbocycles. The first-order valence-electron chi connectivity index (χ1n) is 11.0. The van der Waals surface area contributed by atoms with Gasteiger partial charge in [0.1, 0.15) is 0 Å². The van der Waals surface area contributed by atoms with Crippen molar-refractivity contribution in [3.05, 3.63) is 63.9 Å². The van der Waals surface area contributed by atoms with Crippen molar-refractivity contribution in [2.75, 3.05) is 44.2 Å². The lowest BCUT2D eigenvalue weighted by Gasteiger charge is -2.37. The van der Waals surface area contributed by atoms with Gasteiger partial charge in [-0.1, -0.05) is 41.4 Å². The first kappa shape index (κ1) is 23.0. The summed E-state index contributed by atoms with van der Waals surface area (Å²) < 4.78 is 5.36. The molecule has 2 N–H and O–H groups in total. The second-order valence-corrected chi connectivity index (χ2v) is 8.42. The van der Waals surface area contributed by atoms with Gasteiger partial charge in [0.25, 0.3) is 0 Å². The highest BCUT2D eigenvalue weighted by Gasteiger charge is 2.34. The van der Waals surface area contributed by atoms with Crippen LogP contribution in [-0.2, 0) is 9.53 Å². The fraction of sp³-hybridized carbons (Fsp3) is 0.391. The van der Waals surface area contributed by atoms with Gasteiger partial charge in [-0.15, -0.1) is 10.2 Å². The molecule has 1 unspecified atom stereocenters. The van der Waals surface area contributed by atoms with Crippen molar-refractivity contribution in [1.82, 2.24) is 25.7 Å². The summed E-state index contributed by atoms with van der Waals surface area (Å²) in [5.74, 6) is 0.348. The van der Waals surface area contributed by atoms with E-state index < -0.39 is 12.0 Å². The van der Waals surface area contributed by atoms with E-state index in [1.807, 2.05) is 37.3 Å². The molecule has 1 aromatic heterocycles. The zero-order valence-corrected chi connectivity index (χ0v) is 19.4. The number of benzene rings is 1. The highest BCUT2D eigenvalue weighted by Crippen LogP contribution is 2.28. The van der Waals surface area contributed by atoms with E-state index in [-0.39, 0.29) is 12.6 Å². The molecule has 2 aliphatic rings. The summed E-state index contributed by atoms with van der Waals surface area (Å²) in [5, 5.41) is 14.2. The molecule has 33 heavy (non-hydrogen) atoms. The lowest BCUT2D eigenvalue weighted by molar-refractivity contribution is -0.139. The van der Waals surface area contributed by atoms with Gasteiger partial charge in [-0.05, 0) is 31.5 Å². The van der Waals surface area contributed by atoms with Gasteiger partial charge in [0.2, 0.25) is 0 Å². The molecule has 2 aromatic rings. The standard InChI is InChI=1S/C23H27ClN6O3/c1-3-33-22(31)20-17(25-23(32)26-21(20)16-6-4-15(2)5-7-16)14-29-10-12-30(13-11-29)19-9-8-18(24)27-28-19/h4-9,21H,3,10-14H2,1-2H3,(H2,25,26,32). The number of rotatable bonds is 6. The molecule has 1 fully saturated rings. The van der Waals surface area contributed by atoms with E-state index in [0.717, 1.165) is 43.1 Å². The van der Waals surface area contributed by atoms with Crippen molar-refractivity contribution >= 4 is 29.4 Å². The molecule has 0 bridgehead atoms. The third kappa shape index (κ3) is 5.43. The van der Waals surface area contributed by atoms with Crippen LogP contribution in [0.5, 0.6) is 0 Å². The number of aromatic nitrogens is 2. The fourth-order valence-corrected chi connectivity index (χ4v) is 4.14. The van der Waals surface area contributed by atoms with Crippen molar-refractivity contribution in [3.8, 4) is 0 Å². The highest BCUT2D eigenvalue weighted by molar-refractivity contribution is 6.29. The van der Waals surface area contributed by atoms with Crippen LogP contribution in [0.15, 0.2) is 47.7 Å². The van der Waals surface area contributed by atoms with Gasteiger partial charge in [0.15, 0.2) is 11.0 Å². The molecule has 2 aliphatic heterocycles. The zero-order chi connectivity index (χ0) is 23.4. The first-order chi connectivity index (χ1) is 15.9. The molecule has 0 radical (unpaired) electrons. The van der Waals surface area contributed by atoms with Crippen LogP contribution in [0, 0.1) is 6.92 Å². The first-order valence-corrected chi connectivity index (χ1v) is 11.3. The lowest BCUT2D eigenvalue weighted by Crippen LogP contribution is -2.52. The number of carbonyl (C=O) groups excluding carboxylic acids is 2. The van der Waals surface area contributed by atoms with Crippen LogP contribution in [0.1, 0.15) is 24.1 Å². The largest absolute Gasteiger partial charge is 0.463 e. The zero-order valence-electron chi connectivity index (χ0n) is 18.7. The van der Waals surface area contributed by atoms with Crippen molar-refractivity contribution in [2.45, 2.75) is 19.9 Å². The van der Waals surface area contributed by atoms with E-state index >= 15 is 0 Å². The van der Waals surface area contributed by atoms with Crippen LogP contribution < -0.4 is 15.5 Å². The molecule has 4 rings (SSSR count). The normalized spacial score (nSPS) is 19.2. The van der Waals surface area contributed by atoms with E-state index in [0.29, 0.717) is 23.0 Å². The number of aryl methyl sites for hydroxylation is 1. The minimum atomic E-state index is -0.570. The molecular formula is C23H27ClN6O3.